The Balaban J connectivity index is 1.54. The molecule has 0 atom stereocenters. The third-order valence-corrected chi connectivity index (χ3v) is 6.56. The molecule has 0 unspecified atom stereocenters. The van der Waals surface area contributed by atoms with Crippen molar-refractivity contribution in [2.75, 3.05) is 42.2 Å². The Morgan fingerprint density at radius 3 is 2.74 bits per heavy atom. The normalized spacial score (nSPS) is 12.3. The molecule has 5 rings (SSSR count). The predicted octanol–water partition coefficient (Wildman–Crippen LogP) is 5.10. The van der Waals surface area contributed by atoms with E-state index in [1.54, 1.807) is 49.6 Å². The highest BCUT2D eigenvalue weighted by Crippen LogP contribution is 2.43. The van der Waals surface area contributed by atoms with Crippen LogP contribution >= 0.6 is 11.6 Å². The van der Waals surface area contributed by atoms with E-state index in [1.165, 1.54) is 6.07 Å². The summed E-state index contributed by atoms with van der Waals surface area (Å²) in [6, 6.07) is 17.5. The molecule has 0 bridgehead atoms. The zero-order chi connectivity index (χ0) is 26.6. The number of halogens is 2. The first-order chi connectivity index (χ1) is 18.5. The van der Waals surface area contributed by atoms with Crippen LogP contribution in [0.1, 0.15) is 15.9 Å². The van der Waals surface area contributed by atoms with Gasteiger partial charge in [0.2, 0.25) is 5.95 Å². The number of benzene rings is 3. The lowest BCUT2D eigenvalue weighted by molar-refractivity contribution is 0.0963. The summed E-state index contributed by atoms with van der Waals surface area (Å²) in [5, 5.41) is 9.59. The second kappa shape index (κ2) is 11.0. The number of para-hydroxylation sites is 1. The molecule has 194 valence electrons. The minimum absolute atomic E-state index is 0.158. The molecular weight excluding hydrogens is 505 g/mol. The zero-order valence-electron chi connectivity index (χ0n) is 20.8. The average Bonchev–Trinajstić information content (AvgIpc) is 3.08. The Kier molecular flexibility index (Phi) is 7.39. The van der Waals surface area contributed by atoms with Gasteiger partial charge in [-0.3, -0.25) is 4.79 Å². The molecule has 8 nitrogen and oxygen atoms in total. The number of amides is 1. The van der Waals surface area contributed by atoms with Gasteiger partial charge in [-0.1, -0.05) is 17.7 Å². The van der Waals surface area contributed by atoms with Crippen molar-refractivity contribution in [1.29, 1.82) is 0 Å². The SMILES string of the molecule is CNC(=O)c1ccc(Nc2ncc3c(n2)-c2ccc(Cl)cc2N(c2c(F)cccc2NCCN)CC3)cc1. The van der Waals surface area contributed by atoms with Crippen LogP contribution in [0.2, 0.25) is 5.02 Å². The highest BCUT2D eigenvalue weighted by molar-refractivity contribution is 6.31. The van der Waals surface area contributed by atoms with Crippen LogP contribution in [0.5, 0.6) is 0 Å². The summed E-state index contributed by atoms with van der Waals surface area (Å²) in [6.45, 7) is 1.43. The van der Waals surface area contributed by atoms with E-state index >= 15 is 4.39 Å². The van der Waals surface area contributed by atoms with E-state index in [9.17, 15) is 4.79 Å². The van der Waals surface area contributed by atoms with Gasteiger partial charge in [-0.2, -0.15) is 0 Å². The van der Waals surface area contributed by atoms with E-state index in [4.69, 9.17) is 22.3 Å². The number of hydrogen-bond acceptors (Lipinski definition) is 7. The van der Waals surface area contributed by atoms with Crippen LogP contribution in [0.4, 0.5) is 33.1 Å². The molecule has 0 saturated heterocycles. The standard InChI is InChI=1S/C28H27ClFN7O/c1-32-27(38)17-5-8-20(9-6-17)35-28-34-16-18-11-14-37(24-15-19(29)7-10-21(24)25(18)36-28)26-22(30)3-2-4-23(26)33-13-12-31/h2-10,15-16,33H,11-14,31H2,1H3,(H,32,38)(H,34,35,36). The molecule has 4 aromatic rings. The Bertz CT molecular complexity index is 1480. The van der Waals surface area contributed by atoms with Gasteiger partial charge in [0.05, 0.1) is 17.1 Å². The van der Waals surface area contributed by atoms with Gasteiger partial charge in [-0.25, -0.2) is 14.4 Å². The molecular formula is C28H27ClFN7O. The second-order valence-corrected chi connectivity index (χ2v) is 9.20. The maximum absolute atomic E-state index is 15.3. The second-order valence-electron chi connectivity index (χ2n) is 8.76. The Hall–Kier alpha value is -4.21. The number of hydrogen-bond donors (Lipinski definition) is 4. The summed E-state index contributed by atoms with van der Waals surface area (Å²) in [6.07, 6.45) is 2.38. The number of rotatable bonds is 7. The lowest BCUT2D eigenvalue weighted by Crippen LogP contribution is -2.23. The summed E-state index contributed by atoms with van der Waals surface area (Å²) in [4.78, 5) is 23.1. The number of fused-ring (bicyclic) bond motifs is 3. The first-order valence-corrected chi connectivity index (χ1v) is 12.6. The number of carbonyl (C=O) groups excluding carboxylic acids is 1. The molecule has 1 aliphatic rings. The third-order valence-electron chi connectivity index (χ3n) is 6.32. The topological polar surface area (TPSA) is 108 Å². The van der Waals surface area contributed by atoms with Crippen LogP contribution in [-0.4, -0.2) is 42.6 Å². The van der Waals surface area contributed by atoms with Crippen molar-refractivity contribution in [2.24, 2.45) is 5.73 Å². The number of nitrogens with two attached hydrogens (primary N) is 1. The van der Waals surface area contributed by atoms with Crippen molar-refractivity contribution in [2.45, 2.75) is 6.42 Å². The van der Waals surface area contributed by atoms with Gasteiger partial charge in [0, 0.05) is 54.7 Å². The molecule has 5 N–H and O–H groups in total. The summed E-state index contributed by atoms with van der Waals surface area (Å²) in [5.41, 5.74) is 11.3. The molecule has 38 heavy (non-hydrogen) atoms. The molecule has 2 heterocycles. The first-order valence-electron chi connectivity index (χ1n) is 12.2. The Morgan fingerprint density at radius 2 is 1.97 bits per heavy atom. The summed E-state index contributed by atoms with van der Waals surface area (Å²) in [5.74, 6) is -0.103. The summed E-state index contributed by atoms with van der Waals surface area (Å²) >= 11 is 6.43. The average molecular weight is 532 g/mol. The number of anilines is 5. The van der Waals surface area contributed by atoms with E-state index < -0.39 is 0 Å². The minimum atomic E-state index is -0.349. The quantitative estimate of drug-likeness (QED) is 0.262. The molecule has 0 aliphatic carbocycles. The molecule has 1 amide bonds. The predicted molar refractivity (Wildman–Crippen MR) is 150 cm³/mol. The molecule has 0 spiro atoms. The maximum Gasteiger partial charge on any atom is 0.251 e. The minimum Gasteiger partial charge on any atom is -0.382 e. The van der Waals surface area contributed by atoms with Gasteiger partial charge in [-0.15, -0.1) is 0 Å². The van der Waals surface area contributed by atoms with Gasteiger partial charge in [0.1, 0.15) is 11.5 Å². The summed E-state index contributed by atoms with van der Waals surface area (Å²) < 4.78 is 15.3. The van der Waals surface area contributed by atoms with Gasteiger partial charge in [0.25, 0.3) is 5.91 Å². The van der Waals surface area contributed by atoms with Gasteiger partial charge < -0.3 is 26.6 Å². The van der Waals surface area contributed by atoms with Crippen molar-refractivity contribution < 1.29 is 9.18 Å². The van der Waals surface area contributed by atoms with E-state index in [0.29, 0.717) is 54.0 Å². The fraction of sp³-hybridized carbons (Fsp3) is 0.179. The lowest BCUT2D eigenvalue weighted by atomic mass is 10.0. The van der Waals surface area contributed by atoms with E-state index in [0.717, 1.165) is 28.2 Å². The zero-order valence-corrected chi connectivity index (χ0v) is 21.5. The number of aromatic nitrogens is 2. The van der Waals surface area contributed by atoms with E-state index in [1.807, 2.05) is 23.1 Å². The fourth-order valence-corrected chi connectivity index (χ4v) is 4.68. The van der Waals surface area contributed by atoms with Crippen LogP contribution < -0.4 is 26.6 Å². The number of carbonyl (C=O) groups is 1. The smallest absolute Gasteiger partial charge is 0.251 e. The van der Waals surface area contributed by atoms with E-state index in [2.05, 4.69) is 20.9 Å². The Labute approximate surface area is 225 Å². The first kappa shape index (κ1) is 25.4. The highest BCUT2D eigenvalue weighted by atomic mass is 35.5. The van der Waals surface area contributed by atoms with Gasteiger partial charge in [0.15, 0.2) is 0 Å². The molecule has 0 fully saturated rings. The molecule has 1 aliphatic heterocycles. The monoisotopic (exact) mass is 531 g/mol. The van der Waals surface area contributed by atoms with Crippen LogP contribution in [-0.2, 0) is 6.42 Å². The van der Waals surface area contributed by atoms with Crippen molar-refractivity contribution in [3.63, 3.8) is 0 Å². The van der Waals surface area contributed by atoms with Crippen LogP contribution in [0.25, 0.3) is 11.3 Å². The van der Waals surface area contributed by atoms with Crippen molar-refractivity contribution >= 4 is 46.2 Å². The number of nitrogens with zero attached hydrogens (tertiary/aromatic N) is 3. The molecule has 0 radical (unpaired) electrons. The lowest BCUT2D eigenvalue weighted by Gasteiger charge is -2.28. The molecule has 3 aromatic carbocycles. The van der Waals surface area contributed by atoms with Crippen LogP contribution in [0, 0.1) is 5.82 Å². The molecule has 0 saturated carbocycles. The molecule has 10 heteroatoms. The summed E-state index contributed by atoms with van der Waals surface area (Å²) in [7, 11) is 1.59. The van der Waals surface area contributed by atoms with Gasteiger partial charge in [-0.05, 0) is 66.6 Å². The highest BCUT2D eigenvalue weighted by Gasteiger charge is 2.26. The fourth-order valence-electron chi connectivity index (χ4n) is 4.51. The van der Waals surface area contributed by atoms with Crippen molar-refractivity contribution in [1.82, 2.24) is 15.3 Å². The van der Waals surface area contributed by atoms with E-state index in [-0.39, 0.29) is 11.7 Å². The largest absolute Gasteiger partial charge is 0.382 e. The van der Waals surface area contributed by atoms with Crippen molar-refractivity contribution in [3.05, 3.63) is 88.8 Å². The number of nitrogens with one attached hydrogen (secondary N) is 3. The maximum atomic E-state index is 15.3. The van der Waals surface area contributed by atoms with Crippen LogP contribution in [0.15, 0.2) is 66.9 Å². The van der Waals surface area contributed by atoms with Crippen LogP contribution in [0.3, 0.4) is 0 Å². The third kappa shape index (κ3) is 5.11. The van der Waals surface area contributed by atoms with Gasteiger partial charge >= 0.3 is 0 Å². The van der Waals surface area contributed by atoms with Crippen molar-refractivity contribution in [3.8, 4) is 11.3 Å². The Morgan fingerprint density at radius 1 is 1.16 bits per heavy atom. The molecule has 1 aromatic heterocycles.